The van der Waals surface area contributed by atoms with Crippen LogP contribution in [0.15, 0.2) is 29.2 Å². The normalized spacial score (nSPS) is 19.6. The maximum atomic E-state index is 12.5. The van der Waals surface area contributed by atoms with E-state index in [0.717, 1.165) is 30.1 Å². The number of nitrogens with one attached hydrogen (secondary N) is 1. The Morgan fingerprint density at radius 1 is 1.32 bits per heavy atom. The van der Waals surface area contributed by atoms with Gasteiger partial charge in [-0.1, -0.05) is 6.92 Å². The molecule has 1 aliphatic rings. The highest BCUT2D eigenvalue weighted by molar-refractivity contribution is 8.00. The van der Waals surface area contributed by atoms with Gasteiger partial charge < -0.3 is 10.2 Å². The fourth-order valence-electron chi connectivity index (χ4n) is 2.72. The largest absolute Gasteiger partial charge is 0.341 e. The Bertz CT molecular complexity index is 530. The molecule has 2 atom stereocenters. The standard InChI is InChI=1S/C17H24N2O2S/c1-12-5-4-10-19(11-12)17(21)13(2)22-16-8-6-15(7-9-16)18-14(3)20/h6-9,12-13H,4-5,10-11H2,1-3H3,(H,18,20). The van der Waals surface area contributed by atoms with Crippen molar-refractivity contribution in [1.29, 1.82) is 0 Å². The van der Waals surface area contributed by atoms with Gasteiger partial charge in [0.2, 0.25) is 11.8 Å². The second kappa shape index (κ2) is 7.68. The molecule has 0 bridgehead atoms. The van der Waals surface area contributed by atoms with Gasteiger partial charge >= 0.3 is 0 Å². The fraction of sp³-hybridized carbons (Fsp3) is 0.529. The number of amides is 2. The summed E-state index contributed by atoms with van der Waals surface area (Å²) in [6, 6.07) is 7.62. The molecular formula is C17H24N2O2S. The van der Waals surface area contributed by atoms with E-state index in [1.54, 1.807) is 11.8 Å². The lowest BCUT2D eigenvalue weighted by Crippen LogP contribution is -2.42. The predicted molar refractivity (Wildman–Crippen MR) is 91.0 cm³/mol. The minimum absolute atomic E-state index is 0.0804. The van der Waals surface area contributed by atoms with Gasteiger partial charge in [-0.25, -0.2) is 0 Å². The second-order valence-corrected chi connectivity index (χ2v) is 7.41. The predicted octanol–water partition coefficient (Wildman–Crippen LogP) is 3.38. The molecule has 0 aromatic heterocycles. The quantitative estimate of drug-likeness (QED) is 0.865. The molecule has 22 heavy (non-hydrogen) atoms. The lowest BCUT2D eigenvalue weighted by atomic mass is 10.0. The summed E-state index contributed by atoms with van der Waals surface area (Å²) in [6.07, 6.45) is 2.33. The van der Waals surface area contributed by atoms with E-state index < -0.39 is 0 Å². The van der Waals surface area contributed by atoms with E-state index >= 15 is 0 Å². The van der Waals surface area contributed by atoms with Gasteiger partial charge in [0.05, 0.1) is 5.25 Å². The van der Waals surface area contributed by atoms with Gasteiger partial charge in [0, 0.05) is 30.6 Å². The lowest BCUT2D eigenvalue weighted by Gasteiger charge is -2.32. The van der Waals surface area contributed by atoms with Crippen molar-refractivity contribution < 1.29 is 9.59 Å². The van der Waals surface area contributed by atoms with Crippen LogP contribution >= 0.6 is 11.8 Å². The third-order valence-corrected chi connectivity index (χ3v) is 4.90. The molecule has 2 amide bonds. The average Bonchev–Trinajstić information content (AvgIpc) is 2.48. The van der Waals surface area contributed by atoms with E-state index in [1.807, 2.05) is 36.1 Å². The molecule has 1 aromatic carbocycles. The van der Waals surface area contributed by atoms with Crippen LogP contribution in [0.1, 0.15) is 33.6 Å². The number of likely N-dealkylation sites (tertiary alicyclic amines) is 1. The maximum absolute atomic E-state index is 12.5. The molecule has 0 radical (unpaired) electrons. The molecule has 4 nitrogen and oxygen atoms in total. The summed E-state index contributed by atoms with van der Waals surface area (Å²) < 4.78 is 0. The number of hydrogen-bond donors (Lipinski definition) is 1. The van der Waals surface area contributed by atoms with Crippen molar-refractivity contribution in [2.45, 2.75) is 43.8 Å². The summed E-state index contributed by atoms with van der Waals surface area (Å²) in [5.74, 6) is 0.748. The van der Waals surface area contributed by atoms with Crippen molar-refractivity contribution in [1.82, 2.24) is 4.90 Å². The van der Waals surface area contributed by atoms with Crippen LogP contribution in [0, 0.1) is 5.92 Å². The van der Waals surface area contributed by atoms with Gasteiger partial charge in [-0.3, -0.25) is 9.59 Å². The lowest BCUT2D eigenvalue weighted by molar-refractivity contribution is -0.132. The third kappa shape index (κ3) is 4.77. The fourth-order valence-corrected chi connectivity index (χ4v) is 3.67. The van der Waals surface area contributed by atoms with Gasteiger partial charge in [0.15, 0.2) is 0 Å². The zero-order valence-corrected chi connectivity index (χ0v) is 14.3. The molecule has 1 aromatic rings. The van der Waals surface area contributed by atoms with Crippen molar-refractivity contribution in [3.05, 3.63) is 24.3 Å². The van der Waals surface area contributed by atoms with Crippen LogP contribution in [-0.4, -0.2) is 35.1 Å². The van der Waals surface area contributed by atoms with Crippen molar-refractivity contribution in [3.8, 4) is 0 Å². The molecule has 2 rings (SSSR count). The van der Waals surface area contributed by atoms with Crippen molar-refractivity contribution >= 4 is 29.3 Å². The average molecular weight is 320 g/mol. The number of piperidine rings is 1. The molecule has 1 saturated heterocycles. The molecule has 1 heterocycles. The zero-order chi connectivity index (χ0) is 16.1. The first-order valence-corrected chi connectivity index (χ1v) is 8.67. The molecule has 2 unspecified atom stereocenters. The molecule has 1 N–H and O–H groups in total. The van der Waals surface area contributed by atoms with Crippen LogP contribution in [0.5, 0.6) is 0 Å². The molecule has 0 spiro atoms. The van der Waals surface area contributed by atoms with Crippen LogP contribution in [0.3, 0.4) is 0 Å². The Balaban J connectivity index is 1.91. The van der Waals surface area contributed by atoms with E-state index in [0.29, 0.717) is 5.92 Å². The minimum atomic E-state index is -0.0862. The molecule has 0 saturated carbocycles. The number of nitrogens with zero attached hydrogens (tertiary/aromatic N) is 1. The molecule has 1 aliphatic heterocycles. The summed E-state index contributed by atoms with van der Waals surface area (Å²) in [5.41, 5.74) is 0.778. The van der Waals surface area contributed by atoms with Crippen LogP contribution < -0.4 is 5.32 Å². The highest BCUT2D eigenvalue weighted by atomic mass is 32.2. The van der Waals surface area contributed by atoms with Gasteiger partial charge in [-0.05, 0) is 49.9 Å². The third-order valence-electron chi connectivity index (χ3n) is 3.80. The maximum Gasteiger partial charge on any atom is 0.235 e. The summed E-state index contributed by atoms with van der Waals surface area (Å²) in [4.78, 5) is 26.5. The summed E-state index contributed by atoms with van der Waals surface area (Å²) in [6.45, 7) is 7.43. The number of thioether (sulfide) groups is 1. The first-order valence-electron chi connectivity index (χ1n) is 7.79. The molecule has 5 heteroatoms. The molecule has 0 aliphatic carbocycles. The Morgan fingerprint density at radius 2 is 2.00 bits per heavy atom. The molecule has 120 valence electrons. The second-order valence-electron chi connectivity index (χ2n) is 6.00. The molecule has 1 fully saturated rings. The van der Waals surface area contributed by atoms with Crippen LogP contribution in [0.2, 0.25) is 0 Å². The van der Waals surface area contributed by atoms with Gasteiger partial charge in [-0.15, -0.1) is 11.8 Å². The highest BCUT2D eigenvalue weighted by Gasteiger charge is 2.25. The first-order chi connectivity index (χ1) is 10.5. The van der Waals surface area contributed by atoms with Crippen LogP contribution in [0.4, 0.5) is 5.69 Å². The topological polar surface area (TPSA) is 49.4 Å². The van der Waals surface area contributed by atoms with Crippen molar-refractivity contribution in [2.24, 2.45) is 5.92 Å². The number of carbonyl (C=O) groups excluding carboxylic acids is 2. The van der Waals surface area contributed by atoms with Crippen LogP contribution in [-0.2, 0) is 9.59 Å². The zero-order valence-electron chi connectivity index (χ0n) is 13.5. The summed E-state index contributed by atoms with van der Waals surface area (Å²) in [5, 5.41) is 2.66. The number of rotatable bonds is 4. The Morgan fingerprint density at radius 3 is 2.59 bits per heavy atom. The monoisotopic (exact) mass is 320 g/mol. The van der Waals surface area contributed by atoms with E-state index in [-0.39, 0.29) is 17.1 Å². The van der Waals surface area contributed by atoms with E-state index in [1.165, 1.54) is 13.3 Å². The Labute approximate surface area is 136 Å². The number of carbonyl (C=O) groups is 2. The smallest absolute Gasteiger partial charge is 0.235 e. The van der Waals surface area contributed by atoms with E-state index in [4.69, 9.17) is 0 Å². The number of benzene rings is 1. The SMILES string of the molecule is CC(=O)Nc1ccc(SC(C)C(=O)N2CCCC(C)C2)cc1. The Kier molecular flexibility index (Phi) is 5.89. The van der Waals surface area contributed by atoms with Gasteiger partial charge in [0.25, 0.3) is 0 Å². The van der Waals surface area contributed by atoms with Gasteiger partial charge in [0.1, 0.15) is 0 Å². The minimum Gasteiger partial charge on any atom is -0.341 e. The van der Waals surface area contributed by atoms with Crippen molar-refractivity contribution in [3.63, 3.8) is 0 Å². The molecular weight excluding hydrogens is 296 g/mol. The summed E-state index contributed by atoms with van der Waals surface area (Å²) in [7, 11) is 0. The number of hydrogen-bond acceptors (Lipinski definition) is 3. The van der Waals surface area contributed by atoms with E-state index in [2.05, 4.69) is 12.2 Å². The highest BCUT2D eigenvalue weighted by Crippen LogP contribution is 2.27. The van der Waals surface area contributed by atoms with E-state index in [9.17, 15) is 9.59 Å². The Hall–Kier alpha value is -1.49. The summed E-state index contributed by atoms with van der Waals surface area (Å²) >= 11 is 1.57. The first kappa shape index (κ1) is 16.9. The van der Waals surface area contributed by atoms with Crippen molar-refractivity contribution in [2.75, 3.05) is 18.4 Å². The van der Waals surface area contributed by atoms with Crippen LogP contribution in [0.25, 0.3) is 0 Å². The van der Waals surface area contributed by atoms with Gasteiger partial charge in [-0.2, -0.15) is 0 Å². The number of anilines is 1.